The summed E-state index contributed by atoms with van der Waals surface area (Å²) in [4.78, 5) is 5.73. The zero-order valence-electron chi connectivity index (χ0n) is 14.0. The van der Waals surface area contributed by atoms with Crippen molar-refractivity contribution >= 4 is 41.3 Å². The third kappa shape index (κ3) is 4.02. The molecule has 0 amide bonds. The highest BCUT2D eigenvalue weighted by atomic mass is 127. The molecule has 2 atom stereocenters. The zero-order chi connectivity index (χ0) is 15.4. The van der Waals surface area contributed by atoms with Gasteiger partial charge in [-0.2, -0.15) is 0 Å². The number of hydrogen-bond acceptors (Lipinski definition) is 3. The second kappa shape index (κ2) is 8.67. The molecule has 0 radical (unpaired) electrons. The fourth-order valence-corrected chi connectivity index (χ4v) is 4.68. The Kier molecular flexibility index (Phi) is 7.16. The van der Waals surface area contributed by atoms with Crippen LogP contribution in [0.5, 0.6) is 0 Å². The van der Waals surface area contributed by atoms with E-state index >= 15 is 0 Å². The summed E-state index contributed by atoms with van der Waals surface area (Å²) in [5.74, 6) is 0.916. The Bertz CT molecular complexity index is 500. The van der Waals surface area contributed by atoms with Gasteiger partial charge in [-0.25, -0.2) is 0 Å². The van der Waals surface area contributed by atoms with E-state index in [2.05, 4.69) is 40.1 Å². The number of aliphatic imine (C=N–C) groups is 1. The number of halogens is 1. The number of thiophene rings is 1. The average Bonchev–Trinajstić information content (AvgIpc) is 3.21. The van der Waals surface area contributed by atoms with E-state index in [-0.39, 0.29) is 24.0 Å². The maximum Gasteiger partial charge on any atom is 0.191 e. The number of nitrogens with zero attached hydrogens (tertiary/aromatic N) is 1. The maximum absolute atomic E-state index is 5.98. The van der Waals surface area contributed by atoms with Gasteiger partial charge < -0.3 is 15.4 Å². The first-order valence-corrected chi connectivity index (χ1v) is 9.27. The van der Waals surface area contributed by atoms with Gasteiger partial charge in [0.05, 0.1) is 12.6 Å². The van der Waals surface area contributed by atoms with E-state index in [1.165, 1.54) is 30.6 Å². The smallest absolute Gasteiger partial charge is 0.191 e. The van der Waals surface area contributed by atoms with Crippen molar-refractivity contribution < 1.29 is 4.74 Å². The summed E-state index contributed by atoms with van der Waals surface area (Å²) >= 11 is 1.77. The highest BCUT2D eigenvalue weighted by Gasteiger charge is 2.56. The minimum absolute atomic E-state index is 0. The molecule has 23 heavy (non-hydrogen) atoms. The standard InChI is InChI=1S/C17H27N3OS.HI/c1-3-21-15-11-14(17(15)8-4-5-9-17)20-16(18-2)19-12-13-7-6-10-22-13;/h6-7,10,14-15H,3-5,8-9,11-12H2,1-2H3,(H2,18,19,20);1H. The molecule has 6 heteroatoms. The molecule has 1 aromatic heterocycles. The summed E-state index contributed by atoms with van der Waals surface area (Å²) in [6, 6.07) is 4.74. The van der Waals surface area contributed by atoms with Gasteiger partial charge in [-0.1, -0.05) is 18.9 Å². The Morgan fingerprint density at radius 1 is 1.43 bits per heavy atom. The summed E-state index contributed by atoms with van der Waals surface area (Å²) in [5.41, 5.74) is 0.344. The lowest BCUT2D eigenvalue weighted by Gasteiger charge is -2.54. The molecular weight excluding hydrogens is 421 g/mol. The van der Waals surface area contributed by atoms with E-state index < -0.39 is 0 Å². The molecule has 2 fully saturated rings. The average molecular weight is 449 g/mol. The number of hydrogen-bond donors (Lipinski definition) is 2. The lowest BCUT2D eigenvalue weighted by molar-refractivity contribution is -0.125. The number of rotatable bonds is 5. The van der Waals surface area contributed by atoms with Crippen LogP contribution in [0.2, 0.25) is 0 Å². The number of guanidine groups is 1. The third-order valence-corrected chi connectivity index (χ3v) is 6.11. The summed E-state index contributed by atoms with van der Waals surface area (Å²) < 4.78 is 5.98. The second-order valence-corrected chi connectivity index (χ2v) is 7.35. The van der Waals surface area contributed by atoms with Crippen LogP contribution in [0.4, 0.5) is 0 Å². The van der Waals surface area contributed by atoms with Crippen molar-refractivity contribution in [3.63, 3.8) is 0 Å². The Balaban J connectivity index is 0.00000192. The van der Waals surface area contributed by atoms with E-state index in [1.807, 2.05) is 7.05 Å². The van der Waals surface area contributed by atoms with Gasteiger partial charge >= 0.3 is 0 Å². The van der Waals surface area contributed by atoms with Crippen molar-refractivity contribution in [1.82, 2.24) is 10.6 Å². The fraction of sp³-hybridized carbons (Fsp3) is 0.706. The minimum Gasteiger partial charge on any atom is -0.378 e. The van der Waals surface area contributed by atoms with Crippen LogP contribution >= 0.6 is 35.3 Å². The molecule has 2 aliphatic rings. The van der Waals surface area contributed by atoms with Crippen LogP contribution < -0.4 is 10.6 Å². The van der Waals surface area contributed by atoms with Crippen molar-refractivity contribution in [2.45, 2.75) is 57.7 Å². The molecule has 3 rings (SSSR count). The summed E-state index contributed by atoms with van der Waals surface area (Å²) in [6.45, 7) is 3.77. The molecular formula is C17H28IN3OS. The predicted octanol–water partition coefficient (Wildman–Crippen LogP) is 3.77. The van der Waals surface area contributed by atoms with Crippen LogP contribution in [0, 0.1) is 5.41 Å². The summed E-state index contributed by atoms with van der Waals surface area (Å²) in [5, 5.41) is 9.19. The molecule has 2 N–H and O–H groups in total. The van der Waals surface area contributed by atoms with Gasteiger partial charge in [-0.15, -0.1) is 35.3 Å². The normalized spacial score (nSPS) is 25.7. The van der Waals surface area contributed by atoms with Crippen LogP contribution in [-0.4, -0.2) is 31.8 Å². The molecule has 0 aliphatic heterocycles. The highest BCUT2D eigenvalue weighted by Crippen LogP contribution is 2.54. The van der Waals surface area contributed by atoms with Crippen molar-refractivity contribution in [3.05, 3.63) is 22.4 Å². The number of ether oxygens (including phenoxy) is 1. The van der Waals surface area contributed by atoms with E-state index in [0.717, 1.165) is 25.5 Å². The second-order valence-electron chi connectivity index (χ2n) is 6.32. The molecule has 2 aliphatic carbocycles. The van der Waals surface area contributed by atoms with Crippen molar-refractivity contribution in [1.29, 1.82) is 0 Å². The number of nitrogens with one attached hydrogen (secondary N) is 2. The quantitative estimate of drug-likeness (QED) is 0.409. The first-order chi connectivity index (χ1) is 10.8. The van der Waals surface area contributed by atoms with Crippen LogP contribution in [-0.2, 0) is 11.3 Å². The zero-order valence-corrected chi connectivity index (χ0v) is 17.2. The van der Waals surface area contributed by atoms with E-state index in [4.69, 9.17) is 4.74 Å². The topological polar surface area (TPSA) is 45.6 Å². The lowest BCUT2D eigenvalue weighted by Crippen LogP contribution is -2.65. The molecule has 0 aromatic carbocycles. The Morgan fingerprint density at radius 3 is 2.83 bits per heavy atom. The van der Waals surface area contributed by atoms with Gasteiger partial charge in [0.25, 0.3) is 0 Å². The lowest BCUT2D eigenvalue weighted by atomic mass is 9.60. The summed E-state index contributed by atoms with van der Waals surface area (Å²) in [6.07, 6.45) is 6.79. The molecule has 130 valence electrons. The van der Waals surface area contributed by atoms with E-state index in [1.54, 1.807) is 11.3 Å². The maximum atomic E-state index is 5.98. The minimum atomic E-state index is 0. The van der Waals surface area contributed by atoms with Crippen LogP contribution in [0.3, 0.4) is 0 Å². The van der Waals surface area contributed by atoms with Crippen molar-refractivity contribution in [3.8, 4) is 0 Å². The fourth-order valence-electron chi connectivity index (χ4n) is 4.03. The van der Waals surface area contributed by atoms with Crippen LogP contribution in [0.1, 0.15) is 43.9 Å². The van der Waals surface area contributed by atoms with Gasteiger partial charge in [-0.05, 0) is 37.6 Å². The van der Waals surface area contributed by atoms with Crippen molar-refractivity contribution in [2.24, 2.45) is 10.4 Å². The Morgan fingerprint density at radius 2 is 2.22 bits per heavy atom. The summed E-state index contributed by atoms with van der Waals surface area (Å²) in [7, 11) is 1.85. The molecule has 0 saturated heterocycles. The van der Waals surface area contributed by atoms with Gasteiger partial charge in [0.15, 0.2) is 5.96 Å². The first kappa shape index (κ1) is 19.0. The molecule has 1 spiro atoms. The van der Waals surface area contributed by atoms with Gasteiger partial charge in [0.2, 0.25) is 0 Å². The van der Waals surface area contributed by atoms with Gasteiger partial charge in [-0.3, -0.25) is 4.99 Å². The van der Waals surface area contributed by atoms with Crippen molar-refractivity contribution in [2.75, 3.05) is 13.7 Å². The Hall–Kier alpha value is -0.340. The molecule has 4 nitrogen and oxygen atoms in total. The first-order valence-electron chi connectivity index (χ1n) is 8.39. The van der Waals surface area contributed by atoms with Crippen LogP contribution in [0.25, 0.3) is 0 Å². The van der Waals surface area contributed by atoms with E-state index in [9.17, 15) is 0 Å². The highest BCUT2D eigenvalue weighted by molar-refractivity contribution is 14.0. The van der Waals surface area contributed by atoms with E-state index in [0.29, 0.717) is 17.6 Å². The monoisotopic (exact) mass is 449 g/mol. The van der Waals surface area contributed by atoms with Crippen LogP contribution in [0.15, 0.2) is 22.5 Å². The molecule has 1 aromatic rings. The molecule has 2 unspecified atom stereocenters. The molecule has 0 bridgehead atoms. The SMILES string of the molecule is CCOC1CC(NC(=NC)NCc2cccs2)C12CCCC2.I. The molecule has 2 saturated carbocycles. The Labute approximate surface area is 160 Å². The largest absolute Gasteiger partial charge is 0.378 e. The third-order valence-electron chi connectivity index (χ3n) is 5.23. The van der Waals surface area contributed by atoms with Gasteiger partial charge in [0.1, 0.15) is 0 Å². The molecule has 1 heterocycles. The van der Waals surface area contributed by atoms with Gasteiger partial charge in [0, 0.05) is 30.0 Å². The predicted molar refractivity (Wildman–Crippen MR) is 108 cm³/mol.